The number of nitrogens with zero attached hydrogens (tertiary/aromatic N) is 1. The molecule has 3 aromatic rings. The summed E-state index contributed by atoms with van der Waals surface area (Å²) in [6, 6.07) is 28.5. The van der Waals surface area contributed by atoms with E-state index in [0.29, 0.717) is 5.92 Å². The third kappa shape index (κ3) is 6.22. The molecule has 0 saturated carbocycles. The minimum Gasteiger partial charge on any atom is -0.261 e. The van der Waals surface area contributed by atoms with Crippen LogP contribution in [-0.2, 0) is 0 Å². The summed E-state index contributed by atoms with van der Waals surface area (Å²) in [5, 5.41) is 0. The van der Waals surface area contributed by atoms with E-state index in [9.17, 15) is 0 Å². The Kier molecular flexibility index (Phi) is 7.96. The van der Waals surface area contributed by atoms with Crippen molar-refractivity contribution in [3.8, 4) is 11.1 Å². The molecule has 0 saturated heterocycles. The molecule has 3 aromatic carbocycles. The highest BCUT2D eigenvalue weighted by Gasteiger charge is 2.22. The first-order valence-electron chi connectivity index (χ1n) is 15.6. The molecule has 2 unspecified atom stereocenters. The van der Waals surface area contributed by atoms with Gasteiger partial charge in [0.1, 0.15) is 0 Å². The van der Waals surface area contributed by atoms with Gasteiger partial charge in [-0.3, -0.25) is 4.99 Å². The van der Waals surface area contributed by atoms with Gasteiger partial charge in [0.25, 0.3) is 0 Å². The van der Waals surface area contributed by atoms with Gasteiger partial charge >= 0.3 is 0 Å². The molecule has 0 aromatic heterocycles. The zero-order valence-electron chi connectivity index (χ0n) is 24.6. The van der Waals surface area contributed by atoms with Crippen LogP contribution in [0.15, 0.2) is 162 Å². The lowest BCUT2D eigenvalue weighted by Gasteiger charge is -2.20. The fraction of sp³-hybridized carbons (Fsp3) is 0.167. The van der Waals surface area contributed by atoms with Crippen molar-refractivity contribution in [3.05, 3.63) is 174 Å². The van der Waals surface area contributed by atoms with Gasteiger partial charge in [0.05, 0.1) is 0 Å². The van der Waals surface area contributed by atoms with Crippen LogP contribution in [0.25, 0.3) is 27.8 Å². The van der Waals surface area contributed by atoms with Crippen molar-refractivity contribution < 1.29 is 0 Å². The Bertz CT molecular complexity index is 1770. The second kappa shape index (κ2) is 12.6. The van der Waals surface area contributed by atoms with Crippen molar-refractivity contribution in [1.29, 1.82) is 0 Å². The Morgan fingerprint density at radius 2 is 1.28 bits per heavy atom. The van der Waals surface area contributed by atoms with E-state index in [1.165, 1.54) is 50.2 Å². The van der Waals surface area contributed by atoms with E-state index in [1.54, 1.807) is 0 Å². The molecule has 0 fully saturated rings. The van der Waals surface area contributed by atoms with E-state index in [0.717, 1.165) is 37.8 Å². The van der Waals surface area contributed by atoms with E-state index in [4.69, 9.17) is 4.99 Å². The van der Waals surface area contributed by atoms with E-state index in [1.807, 2.05) is 0 Å². The molecule has 0 radical (unpaired) electrons. The third-order valence-corrected chi connectivity index (χ3v) is 8.80. The maximum absolute atomic E-state index is 5.43. The summed E-state index contributed by atoms with van der Waals surface area (Å²) in [6.45, 7) is 0. The largest absolute Gasteiger partial charge is 0.261 e. The second-order valence-electron chi connectivity index (χ2n) is 11.7. The molecule has 210 valence electrons. The first-order chi connectivity index (χ1) is 21.3. The van der Waals surface area contributed by atoms with Crippen LogP contribution >= 0.6 is 0 Å². The van der Waals surface area contributed by atoms with Crippen molar-refractivity contribution in [2.24, 2.45) is 16.8 Å². The molecule has 0 spiro atoms. The number of aliphatic imine (C=N–C) groups is 1. The summed E-state index contributed by atoms with van der Waals surface area (Å²) in [5.74, 6) is 0.587. The maximum atomic E-state index is 5.43. The molecule has 0 N–H and O–H groups in total. The average Bonchev–Trinajstić information content (AvgIpc) is 3.34. The molecule has 43 heavy (non-hydrogen) atoms. The summed E-state index contributed by atoms with van der Waals surface area (Å²) in [7, 11) is 0. The van der Waals surface area contributed by atoms with Crippen molar-refractivity contribution in [1.82, 2.24) is 0 Å². The first-order valence-corrected chi connectivity index (χ1v) is 15.6. The number of benzene rings is 3. The predicted molar refractivity (Wildman–Crippen MR) is 184 cm³/mol. The molecule has 3 aliphatic carbocycles. The first kappa shape index (κ1) is 27.1. The highest BCUT2D eigenvalue weighted by atomic mass is 14.8. The van der Waals surface area contributed by atoms with E-state index >= 15 is 0 Å². The minimum atomic E-state index is 0.283. The molecule has 2 atom stereocenters. The van der Waals surface area contributed by atoms with Crippen LogP contribution in [0.5, 0.6) is 0 Å². The van der Waals surface area contributed by atoms with Gasteiger partial charge in [-0.1, -0.05) is 127 Å². The van der Waals surface area contributed by atoms with Gasteiger partial charge in [0.15, 0.2) is 0 Å². The Morgan fingerprint density at radius 1 is 0.535 bits per heavy atom. The van der Waals surface area contributed by atoms with Gasteiger partial charge in [-0.05, 0) is 94.5 Å². The van der Waals surface area contributed by atoms with Crippen LogP contribution in [0.3, 0.4) is 0 Å². The van der Waals surface area contributed by atoms with Gasteiger partial charge < -0.3 is 0 Å². The average molecular weight is 556 g/mol. The van der Waals surface area contributed by atoms with Crippen molar-refractivity contribution >= 4 is 22.4 Å². The number of rotatable bonds is 6. The van der Waals surface area contributed by atoms with Crippen LogP contribution < -0.4 is 0 Å². The lowest BCUT2D eigenvalue weighted by atomic mass is 9.88. The molecule has 0 amide bonds. The Labute approximate surface area is 256 Å². The molecule has 1 nitrogen and oxygen atoms in total. The monoisotopic (exact) mass is 555 g/mol. The summed E-state index contributed by atoms with van der Waals surface area (Å²) in [4.78, 5) is 5.43. The van der Waals surface area contributed by atoms with Crippen molar-refractivity contribution in [2.45, 2.75) is 32.1 Å². The van der Waals surface area contributed by atoms with Gasteiger partial charge in [-0.25, -0.2) is 0 Å². The quantitative estimate of drug-likeness (QED) is 0.287. The standard InChI is InChI=1S/C42H37N/c1-5-13-31(14-6-1)34-21-23-36(24-22-34)41-26-25-37(30-42(43-41)35-19-11-4-12-20-35)40-28-38(32-15-7-2-8-16-32)27-39(29-40)33-17-9-3-10-18-33/h1-2,4-9,11-19,21-23,25,27-30,35-36H,3,10,20,24,26H2. The molecular formula is C42H37N. The smallest absolute Gasteiger partial charge is 0.0481 e. The molecule has 4 aliphatic rings. The topological polar surface area (TPSA) is 12.4 Å². The molecule has 0 bridgehead atoms. The fourth-order valence-electron chi connectivity index (χ4n) is 6.40. The number of hydrogen-bond donors (Lipinski definition) is 0. The van der Waals surface area contributed by atoms with Crippen molar-refractivity contribution in [2.75, 3.05) is 0 Å². The Balaban J connectivity index is 1.26. The van der Waals surface area contributed by atoms with Gasteiger partial charge in [0, 0.05) is 29.7 Å². The molecule has 7 rings (SSSR count). The zero-order valence-corrected chi connectivity index (χ0v) is 24.6. The summed E-state index contributed by atoms with van der Waals surface area (Å²) in [5.41, 5.74) is 12.6. The molecular weight excluding hydrogens is 518 g/mol. The van der Waals surface area contributed by atoms with E-state index in [2.05, 4.69) is 152 Å². The maximum Gasteiger partial charge on any atom is 0.0481 e. The van der Waals surface area contributed by atoms with Crippen LogP contribution in [0.4, 0.5) is 0 Å². The number of hydrogen-bond acceptors (Lipinski definition) is 1. The molecule has 1 heteroatoms. The van der Waals surface area contributed by atoms with Crippen LogP contribution in [0, 0.1) is 11.8 Å². The SMILES string of the molecule is C1=CCC(C2=CC(c3cc(C4=CCCC=C4)cc(-c4ccccc4)c3)=CCC(C3C=CC(c4ccccc4)=CC3)=N2)C=C1. The fourth-order valence-corrected chi connectivity index (χ4v) is 6.40. The van der Waals surface area contributed by atoms with Gasteiger partial charge in [0.2, 0.25) is 0 Å². The number of allylic oxidation sites excluding steroid dienone is 15. The second-order valence-corrected chi connectivity index (χ2v) is 11.7. The molecule has 1 aliphatic heterocycles. The molecule has 1 heterocycles. The van der Waals surface area contributed by atoms with Crippen molar-refractivity contribution in [3.63, 3.8) is 0 Å². The van der Waals surface area contributed by atoms with Crippen LogP contribution in [0.1, 0.15) is 48.8 Å². The highest BCUT2D eigenvalue weighted by molar-refractivity contribution is 5.95. The predicted octanol–water partition coefficient (Wildman–Crippen LogP) is 11.0. The zero-order chi connectivity index (χ0) is 28.8. The van der Waals surface area contributed by atoms with Crippen LogP contribution in [-0.4, -0.2) is 5.71 Å². The van der Waals surface area contributed by atoms with E-state index in [-0.39, 0.29) is 5.92 Å². The van der Waals surface area contributed by atoms with Gasteiger partial charge in [-0.2, -0.15) is 0 Å². The van der Waals surface area contributed by atoms with E-state index < -0.39 is 0 Å². The lowest BCUT2D eigenvalue weighted by molar-refractivity contribution is 0.750. The van der Waals surface area contributed by atoms with Gasteiger partial charge in [-0.15, -0.1) is 0 Å². The van der Waals surface area contributed by atoms with Crippen LogP contribution in [0.2, 0.25) is 0 Å². The minimum absolute atomic E-state index is 0.283. The normalized spacial score (nSPS) is 21.3. The summed E-state index contributed by atoms with van der Waals surface area (Å²) in [6.07, 6.45) is 32.7. The summed E-state index contributed by atoms with van der Waals surface area (Å²) < 4.78 is 0. The Morgan fingerprint density at radius 3 is 1.98 bits per heavy atom. The lowest BCUT2D eigenvalue weighted by Crippen LogP contribution is -2.14. The highest BCUT2D eigenvalue weighted by Crippen LogP contribution is 2.36. The Hall–Kier alpha value is -4.75. The third-order valence-electron chi connectivity index (χ3n) is 8.80. The summed E-state index contributed by atoms with van der Waals surface area (Å²) >= 11 is 0.